The molecular formula is C62H120O17P2. The van der Waals surface area contributed by atoms with Crippen LogP contribution >= 0.6 is 15.6 Å². The Morgan fingerprint density at radius 3 is 0.938 bits per heavy atom. The second kappa shape index (κ2) is 53.5. The third kappa shape index (κ3) is 55.7. The molecule has 0 aromatic rings. The highest BCUT2D eigenvalue weighted by molar-refractivity contribution is 7.47. The van der Waals surface area contributed by atoms with E-state index in [9.17, 15) is 43.2 Å². The van der Waals surface area contributed by atoms with Gasteiger partial charge in [-0.1, -0.05) is 248 Å². The lowest BCUT2D eigenvalue weighted by molar-refractivity contribution is -0.161. The highest BCUT2D eigenvalue weighted by Gasteiger charge is 2.30. The van der Waals surface area contributed by atoms with Crippen molar-refractivity contribution in [3.63, 3.8) is 0 Å². The Balaban J connectivity index is 5.25. The van der Waals surface area contributed by atoms with E-state index in [1.165, 1.54) is 103 Å². The van der Waals surface area contributed by atoms with Crippen LogP contribution in [-0.2, 0) is 65.4 Å². The molecule has 19 heteroatoms. The number of phosphoric acid groups is 2. The monoisotopic (exact) mass is 1200 g/mol. The predicted octanol–water partition coefficient (Wildman–Crippen LogP) is 16.7. The fourth-order valence-electron chi connectivity index (χ4n) is 9.09. The number of esters is 4. The van der Waals surface area contributed by atoms with Gasteiger partial charge >= 0.3 is 39.5 Å². The van der Waals surface area contributed by atoms with Crippen LogP contribution in [0.3, 0.4) is 0 Å². The number of carbonyl (C=O) groups is 4. The van der Waals surface area contributed by atoms with Gasteiger partial charge in [0.1, 0.15) is 19.3 Å². The first kappa shape index (κ1) is 79.1. The van der Waals surface area contributed by atoms with E-state index in [2.05, 4.69) is 48.5 Å². The van der Waals surface area contributed by atoms with Crippen molar-refractivity contribution in [3.05, 3.63) is 0 Å². The lowest BCUT2D eigenvalue weighted by atomic mass is 10.00. The zero-order chi connectivity index (χ0) is 60.3. The fraction of sp³-hybridized carbons (Fsp3) is 0.935. The maximum Gasteiger partial charge on any atom is 0.472 e. The molecule has 6 atom stereocenters. The van der Waals surface area contributed by atoms with Crippen molar-refractivity contribution in [1.82, 2.24) is 0 Å². The topological polar surface area (TPSA) is 237 Å². The average Bonchev–Trinajstić information content (AvgIpc) is 3.42. The molecule has 0 aromatic carbocycles. The van der Waals surface area contributed by atoms with Gasteiger partial charge in [0, 0.05) is 25.7 Å². The van der Waals surface area contributed by atoms with E-state index in [-0.39, 0.29) is 25.7 Å². The van der Waals surface area contributed by atoms with Gasteiger partial charge < -0.3 is 33.8 Å². The number of aliphatic hydroxyl groups is 1. The number of carbonyl (C=O) groups excluding carboxylic acids is 4. The Morgan fingerprint density at radius 2 is 0.630 bits per heavy atom. The maximum atomic E-state index is 12.9. The summed E-state index contributed by atoms with van der Waals surface area (Å²) in [5.41, 5.74) is 0. The van der Waals surface area contributed by atoms with Crippen molar-refractivity contribution < 1.29 is 80.2 Å². The summed E-state index contributed by atoms with van der Waals surface area (Å²) in [7, 11) is -9.88. The summed E-state index contributed by atoms with van der Waals surface area (Å²) in [6.07, 6.45) is 33.6. The largest absolute Gasteiger partial charge is 0.472 e. The second-order valence-electron chi connectivity index (χ2n) is 23.6. The molecule has 3 unspecified atom stereocenters. The van der Waals surface area contributed by atoms with Gasteiger partial charge in [-0.15, -0.1) is 0 Å². The van der Waals surface area contributed by atoms with Crippen LogP contribution in [0.25, 0.3) is 0 Å². The second-order valence-corrected chi connectivity index (χ2v) is 26.5. The molecule has 0 saturated heterocycles. The standard InChI is InChI=1S/C62H120O17P2/c1-8-10-11-12-13-15-21-29-36-43-59(64)72-50-58(79-62(67)46-39-32-25-24-28-35-42-55(7)9-2)52-77-81(70,71)75-48-56(63)47-74-80(68,69)76-51-57(49-73-60(65)44-37-30-23-18-20-27-34-41-54(5)6)78-61(66)45-38-31-22-17-14-16-19-26-33-40-53(3)4/h53-58,63H,8-52H2,1-7H3,(H,68,69)(H,70,71)/t55?,56-,57-,58-/m1/s1. The Hall–Kier alpha value is -1.94. The molecule has 0 aromatic heterocycles. The molecule has 0 aliphatic carbocycles. The normalized spacial score (nSPS) is 14.8. The minimum Gasteiger partial charge on any atom is -0.462 e. The summed E-state index contributed by atoms with van der Waals surface area (Å²) in [6.45, 7) is 11.6. The predicted molar refractivity (Wildman–Crippen MR) is 321 cm³/mol. The van der Waals surface area contributed by atoms with Crippen molar-refractivity contribution in [2.24, 2.45) is 17.8 Å². The summed E-state index contributed by atoms with van der Waals surface area (Å²) >= 11 is 0. The number of phosphoric ester groups is 2. The number of ether oxygens (including phenoxy) is 4. The van der Waals surface area contributed by atoms with Gasteiger partial charge in [0.25, 0.3) is 0 Å². The summed E-state index contributed by atoms with van der Waals surface area (Å²) < 4.78 is 67.9. The number of hydrogen-bond acceptors (Lipinski definition) is 15. The first-order chi connectivity index (χ1) is 38.8. The van der Waals surface area contributed by atoms with Crippen molar-refractivity contribution >= 4 is 39.5 Å². The third-order valence-corrected chi connectivity index (χ3v) is 16.4. The number of hydrogen-bond donors (Lipinski definition) is 3. The number of aliphatic hydroxyl groups excluding tert-OH is 1. The zero-order valence-corrected chi connectivity index (χ0v) is 54.0. The van der Waals surface area contributed by atoms with E-state index in [0.717, 1.165) is 108 Å². The van der Waals surface area contributed by atoms with E-state index in [1.807, 2.05) is 0 Å². The Kier molecular flexibility index (Phi) is 52.2. The van der Waals surface area contributed by atoms with E-state index in [0.29, 0.717) is 31.6 Å². The molecule has 0 aliphatic rings. The minimum atomic E-state index is -4.94. The molecule has 0 bridgehead atoms. The SMILES string of the molecule is CCCCCCCCCCCC(=O)OC[C@H](COP(=O)(O)OC[C@H](O)COP(=O)(O)OC[C@@H](COC(=O)CCCCCCCCCC(C)C)OC(=O)CCCCCCCCCCCC(C)C)OC(=O)CCCCCCCCC(C)CC. The van der Waals surface area contributed by atoms with Crippen molar-refractivity contribution in [2.75, 3.05) is 39.6 Å². The molecule has 3 N–H and O–H groups in total. The molecule has 480 valence electrons. The van der Waals surface area contributed by atoms with Crippen LogP contribution in [0.1, 0.15) is 299 Å². The van der Waals surface area contributed by atoms with Crippen LogP contribution in [0.4, 0.5) is 0 Å². The van der Waals surface area contributed by atoms with Crippen LogP contribution in [0.2, 0.25) is 0 Å². The van der Waals surface area contributed by atoms with Crippen LogP contribution in [0.5, 0.6) is 0 Å². The molecule has 0 spiro atoms. The Bertz CT molecular complexity index is 1620. The molecule has 81 heavy (non-hydrogen) atoms. The molecule has 0 amide bonds. The smallest absolute Gasteiger partial charge is 0.462 e. The zero-order valence-electron chi connectivity index (χ0n) is 52.2. The van der Waals surface area contributed by atoms with Crippen LogP contribution in [0, 0.1) is 17.8 Å². The fourth-order valence-corrected chi connectivity index (χ4v) is 10.7. The molecule has 0 saturated carbocycles. The summed E-state index contributed by atoms with van der Waals surface area (Å²) in [4.78, 5) is 72.1. The Labute approximate surface area is 492 Å². The van der Waals surface area contributed by atoms with Gasteiger partial charge in [-0.2, -0.15) is 0 Å². The van der Waals surface area contributed by atoms with E-state index in [1.54, 1.807) is 0 Å². The summed E-state index contributed by atoms with van der Waals surface area (Å²) in [6, 6.07) is 0. The van der Waals surface area contributed by atoms with E-state index in [4.69, 9.17) is 37.0 Å². The first-order valence-corrected chi connectivity index (χ1v) is 35.4. The third-order valence-electron chi connectivity index (χ3n) is 14.5. The average molecular weight is 1200 g/mol. The summed E-state index contributed by atoms with van der Waals surface area (Å²) in [5.74, 6) is 0.0187. The first-order valence-electron chi connectivity index (χ1n) is 32.4. The van der Waals surface area contributed by atoms with Gasteiger partial charge in [0.15, 0.2) is 12.2 Å². The summed E-state index contributed by atoms with van der Waals surface area (Å²) in [5, 5.41) is 10.5. The molecule has 0 rings (SSSR count). The van der Waals surface area contributed by atoms with Gasteiger partial charge in [-0.25, -0.2) is 9.13 Å². The number of rotatable bonds is 60. The maximum absolute atomic E-state index is 12.9. The molecule has 0 radical (unpaired) electrons. The van der Waals surface area contributed by atoms with Crippen LogP contribution < -0.4 is 0 Å². The molecule has 17 nitrogen and oxygen atoms in total. The van der Waals surface area contributed by atoms with E-state index < -0.39 is 97.5 Å². The van der Waals surface area contributed by atoms with Gasteiger partial charge in [-0.3, -0.25) is 37.3 Å². The minimum absolute atomic E-state index is 0.102. The molecule has 0 heterocycles. The lowest BCUT2D eigenvalue weighted by Gasteiger charge is -2.21. The molecular weight excluding hydrogens is 1080 g/mol. The number of unbranched alkanes of at least 4 members (excludes halogenated alkanes) is 27. The van der Waals surface area contributed by atoms with Gasteiger partial charge in [0.2, 0.25) is 0 Å². The van der Waals surface area contributed by atoms with Crippen molar-refractivity contribution in [2.45, 2.75) is 317 Å². The van der Waals surface area contributed by atoms with Gasteiger partial charge in [0.05, 0.1) is 26.4 Å². The highest BCUT2D eigenvalue weighted by Crippen LogP contribution is 2.45. The highest BCUT2D eigenvalue weighted by atomic mass is 31.2. The molecule has 0 fully saturated rings. The van der Waals surface area contributed by atoms with Crippen molar-refractivity contribution in [3.8, 4) is 0 Å². The van der Waals surface area contributed by atoms with Crippen LogP contribution in [0.15, 0.2) is 0 Å². The lowest BCUT2D eigenvalue weighted by Crippen LogP contribution is -2.30. The van der Waals surface area contributed by atoms with Crippen LogP contribution in [-0.4, -0.2) is 96.7 Å². The van der Waals surface area contributed by atoms with Crippen molar-refractivity contribution in [1.29, 1.82) is 0 Å². The van der Waals surface area contributed by atoms with E-state index >= 15 is 0 Å². The quantitative estimate of drug-likeness (QED) is 0.0222. The Morgan fingerprint density at radius 1 is 0.358 bits per heavy atom. The van der Waals surface area contributed by atoms with Gasteiger partial charge in [-0.05, 0) is 43.4 Å². The molecule has 0 aliphatic heterocycles.